The third-order valence-corrected chi connectivity index (χ3v) is 4.50. The van der Waals surface area contributed by atoms with E-state index in [1.54, 1.807) is 18.2 Å². The summed E-state index contributed by atoms with van der Waals surface area (Å²) in [5.74, 6) is -0.669. The molecular formula is C22H24N2O4. The monoisotopic (exact) mass is 380 g/mol. The first-order valence-electron chi connectivity index (χ1n) is 9.18. The summed E-state index contributed by atoms with van der Waals surface area (Å²) in [6.07, 6.45) is 1.92. The zero-order valence-corrected chi connectivity index (χ0v) is 15.9. The van der Waals surface area contributed by atoms with Gasteiger partial charge in [0.15, 0.2) is 6.61 Å². The lowest BCUT2D eigenvalue weighted by atomic mass is 10.1. The van der Waals surface area contributed by atoms with Gasteiger partial charge in [-0.2, -0.15) is 0 Å². The van der Waals surface area contributed by atoms with Crippen molar-refractivity contribution in [2.45, 2.75) is 13.0 Å². The standard InChI is InChI=1S/C22H24N2O4/c1-27-12-11-24(15-17-7-3-2-4-8-17)21(25)16-28-22(26)13-18-14-23-20-10-6-5-9-19(18)20/h2-10,14,23H,11-13,15-16H2,1H3. The van der Waals surface area contributed by atoms with E-state index in [4.69, 9.17) is 9.47 Å². The van der Waals surface area contributed by atoms with E-state index < -0.39 is 5.97 Å². The van der Waals surface area contributed by atoms with Crippen LogP contribution in [-0.4, -0.2) is 48.6 Å². The Morgan fingerprint density at radius 1 is 1.04 bits per heavy atom. The molecule has 1 aromatic heterocycles. The Morgan fingerprint density at radius 2 is 1.79 bits per heavy atom. The SMILES string of the molecule is COCCN(Cc1ccccc1)C(=O)COC(=O)Cc1c[nH]c2ccccc12. The first-order chi connectivity index (χ1) is 13.7. The molecule has 0 aliphatic carbocycles. The molecule has 0 atom stereocenters. The van der Waals surface area contributed by atoms with E-state index in [1.807, 2.05) is 54.6 Å². The molecule has 0 saturated heterocycles. The van der Waals surface area contributed by atoms with E-state index in [2.05, 4.69) is 4.98 Å². The molecule has 0 fully saturated rings. The normalized spacial score (nSPS) is 10.8. The molecule has 3 rings (SSSR count). The minimum absolute atomic E-state index is 0.119. The number of methoxy groups -OCH3 is 1. The first kappa shape index (κ1) is 19.6. The Hall–Kier alpha value is -3.12. The summed E-state index contributed by atoms with van der Waals surface area (Å²) in [5, 5.41) is 0.983. The predicted molar refractivity (Wildman–Crippen MR) is 107 cm³/mol. The second kappa shape index (κ2) is 9.71. The number of aromatic nitrogens is 1. The molecule has 1 N–H and O–H groups in total. The maximum atomic E-state index is 12.6. The molecule has 2 aromatic carbocycles. The molecule has 0 bridgehead atoms. The van der Waals surface area contributed by atoms with Crippen molar-refractivity contribution in [2.75, 3.05) is 26.9 Å². The highest BCUT2D eigenvalue weighted by Gasteiger charge is 2.17. The topological polar surface area (TPSA) is 71.6 Å². The lowest BCUT2D eigenvalue weighted by Gasteiger charge is -2.22. The largest absolute Gasteiger partial charge is 0.455 e. The number of rotatable bonds is 9. The van der Waals surface area contributed by atoms with Crippen LogP contribution >= 0.6 is 0 Å². The minimum atomic E-state index is -0.426. The lowest BCUT2D eigenvalue weighted by molar-refractivity contribution is -0.152. The van der Waals surface area contributed by atoms with Crippen LogP contribution in [0.5, 0.6) is 0 Å². The molecule has 6 heteroatoms. The van der Waals surface area contributed by atoms with Crippen LogP contribution in [0, 0.1) is 0 Å². The van der Waals surface area contributed by atoms with Crippen molar-refractivity contribution in [3.8, 4) is 0 Å². The molecule has 1 heterocycles. The Bertz CT molecular complexity index is 920. The van der Waals surface area contributed by atoms with E-state index in [-0.39, 0.29) is 18.9 Å². The quantitative estimate of drug-likeness (QED) is 0.580. The molecule has 0 aliphatic rings. The number of nitrogens with one attached hydrogen (secondary N) is 1. The van der Waals surface area contributed by atoms with Crippen LogP contribution in [0.15, 0.2) is 60.8 Å². The van der Waals surface area contributed by atoms with Crippen LogP contribution in [-0.2, 0) is 32.0 Å². The van der Waals surface area contributed by atoms with Crippen LogP contribution in [0.2, 0.25) is 0 Å². The van der Waals surface area contributed by atoms with Gasteiger partial charge in [-0.25, -0.2) is 0 Å². The number of carbonyl (C=O) groups excluding carboxylic acids is 2. The van der Waals surface area contributed by atoms with Gasteiger partial charge in [-0.15, -0.1) is 0 Å². The van der Waals surface area contributed by atoms with Crippen LogP contribution < -0.4 is 0 Å². The Morgan fingerprint density at radius 3 is 2.57 bits per heavy atom. The fraction of sp³-hybridized carbons (Fsp3) is 0.273. The number of ether oxygens (including phenoxy) is 2. The van der Waals surface area contributed by atoms with Crippen molar-refractivity contribution in [1.29, 1.82) is 0 Å². The van der Waals surface area contributed by atoms with Crippen LogP contribution in [0.1, 0.15) is 11.1 Å². The van der Waals surface area contributed by atoms with Gasteiger partial charge in [0.25, 0.3) is 5.91 Å². The van der Waals surface area contributed by atoms with Gasteiger partial charge < -0.3 is 19.4 Å². The van der Waals surface area contributed by atoms with Crippen molar-refractivity contribution in [2.24, 2.45) is 0 Å². The maximum absolute atomic E-state index is 12.6. The summed E-state index contributed by atoms with van der Waals surface area (Å²) in [7, 11) is 1.59. The van der Waals surface area contributed by atoms with Crippen LogP contribution in [0.4, 0.5) is 0 Å². The van der Waals surface area contributed by atoms with E-state index in [0.29, 0.717) is 19.7 Å². The van der Waals surface area contributed by atoms with Crippen molar-refractivity contribution >= 4 is 22.8 Å². The van der Waals surface area contributed by atoms with Crippen molar-refractivity contribution in [3.05, 3.63) is 71.9 Å². The summed E-state index contributed by atoms with van der Waals surface area (Å²) in [6, 6.07) is 17.4. The van der Waals surface area contributed by atoms with Gasteiger partial charge in [-0.1, -0.05) is 48.5 Å². The zero-order valence-electron chi connectivity index (χ0n) is 15.9. The number of fused-ring (bicyclic) bond motifs is 1. The molecule has 146 valence electrons. The van der Waals surface area contributed by atoms with E-state index in [1.165, 1.54) is 0 Å². The number of hydrogen-bond donors (Lipinski definition) is 1. The summed E-state index contributed by atoms with van der Waals surface area (Å²) in [4.78, 5) is 29.5. The highest BCUT2D eigenvalue weighted by Crippen LogP contribution is 2.18. The first-order valence-corrected chi connectivity index (χ1v) is 9.18. The number of aromatic amines is 1. The van der Waals surface area contributed by atoms with Crippen molar-refractivity contribution in [1.82, 2.24) is 9.88 Å². The number of esters is 1. The number of hydrogen-bond acceptors (Lipinski definition) is 4. The molecule has 1 amide bonds. The predicted octanol–water partition coefficient (Wildman–Crippen LogP) is 2.93. The maximum Gasteiger partial charge on any atom is 0.310 e. The third kappa shape index (κ3) is 5.20. The number of benzene rings is 2. The number of amides is 1. The highest BCUT2D eigenvalue weighted by molar-refractivity contribution is 5.88. The van der Waals surface area contributed by atoms with Gasteiger partial charge >= 0.3 is 5.97 Å². The zero-order chi connectivity index (χ0) is 19.8. The third-order valence-electron chi connectivity index (χ3n) is 4.50. The fourth-order valence-corrected chi connectivity index (χ4v) is 3.02. The number of nitrogens with zero attached hydrogens (tertiary/aromatic N) is 1. The van der Waals surface area contributed by atoms with Gasteiger partial charge in [-0.05, 0) is 17.2 Å². The van der Waals surface area contributed by atoms with Gasteiger partial charge in [0, 0.05) is 37.3 Å². The number of carbonyl (C=O) groups is 2. The van der Waals surface area contributed by atoms with Crippen LogP contribution in [0.3, 0.4) is 0 Å². The molecule has 0 unspecified atom stereocenters. The summed E-state index contributed by atoms with van der Waals surface area (Å²) in [6.45, 7) is 1.02. The molecule has 0 saturated carbocycles. The van der Waals surface area contributed by atoms with E-state index in [9.17, 15) is 9.59 Å². The lowest BCUT2D eigenvalue weighted by Crippen LogP contribution is -2.36. The molecular weight excluding hydrogens is 356 g/mol. The molecule has 0 radical (unpaired) electrons. The highest BCUT2D eigenvalue weighted by atomic mass is 16.5. The molecule has 0 aliphatic heterocycles. The molecule has 28 heavy (non-hydrogen) atoms. The minimum Gasteiger partial charge on any atom is -0.455 e. The van der Waals surface area contributed by atoms with Gasteiger partial charge in [0.05, 0.1) is 13.0 Å². The molecule has 6 nitrogen and oxygen atoms in total. The van der Waals surface area contributed by atoms with Crippen molar-refractivity contribution in [3.63, 3.8) is 0 Å². The van der Waals surface area contributed by atoms with E-state index in [0.717, 1.165) is 22.0 Å². The average molecular weight is 380 g/mol. The summed E-state index contributed by atoms with van der Waals surface area (Å²) >= 11 is 0. The van der Waals surface area contributed by atoms with Gasteiger partial charge in [0.2, 0.25) is 0 Å². The van der Waals surface area contributed by atoms with Crippen LogP contribution in [0.25, 0.3) is 10.9 Å². The second-order valence-corrected chi connectivity index (χ2v) is 6.49. The number of para-hydroxylation sites is 1. The van der Waals surface area contributed by atoms with Gasteiger partial charge in [0.1, 0.15) is 0 Å². The Kier molecular flexibility index (Phi) is 6.81. The summed E-state index contributed by atoms with van der Waals surface area (Å²) < 4.78 is 10.3. The Balaban J connectivity index is 1.56. The smallest absolute Gasteiger partial charge is 0.310 e. The van der Waals surface area contributed by atoms with E-state index >= 15 is 0 Å². The second-order valence-electron chi connectivity index (χ2n) is 6.49. The van der Waals surface area contributed by atoms with Crippen molar-refractivity contribution < 1.29 is 19.1 Å². The average Bonchev–Trinajstić information content (AvgIpc) is 3.13. The fourth-order valence-electron chi connectivity index (χ4n) is 3.02. The summed E-state index contributed by atoms with van der Waals surface area (Å²) in [5.41, 5.74) is 2.83. The Labute approximate surface area is 164 Å². The molecule has 3 aromatic rings. The van der Waals surface area contributed by atoms with Gasteiger partial charge in [-0.3, -0.25) is 9.59 Å². The number of H-pyrrole nitrogens is 1. The molecule has 0 spiro atoms.